The van der Waals surface area contributed by atoms with Crippen molar-refractivity contribution in [2.24, 2.45) is 0 Å². The van der Waals surface area contributed by atoms with E-state index < -0.39 is 6.09 Å². The maximum absolute atomic E-state index is 11.6. The Hall–Kier alpha value is -1.26. The van der Waals surface area contributed by atoms with Crippen molar-refractivity contribution in [3.05, 3.63) is 0 Å². The summed E-state index contributed by atoms with van der Waals surface area (Å²) in [6.45, 7) is 6.74. The van der Waals surface area contributed by atoms with Crippen LogP contribution in [0.25, 0.3) is 0 Å². The molecule has 0 aliphatic heterocycles. The zero-order valence-corrected chi connectivity index (χ0v) is 13.8. The van der Waals surface area contributed by atoms with Crippen molar-refractivity contribution in [1.82, 2.24) is 5.32 Å². The summed E-state index contributed by atoms with van der Waals surface area (Å²) in [7, 11) is 0. The molecule has 1 unspecified atom stereocenters. The highest BCUT2D eigenvalue weighted by Gasteiger charge is 2.13. The molecule has 5 heteroatoms. The lowest BCUT2D eigenvalue weighted by atomic mass is 10.1. The van der Waals surface area contributed by atoms with Crippen LogP contribution in [0.4, 0.5) is 4.79 Å². The van der Waals surface area contributed by atoms with Gasteiger partial charge in [-0.25, -0.2) is 4.79 Å². The molecule has 0 rings (SSSR count). The first kappa shape index (κ1) is 19.7. The molecule has 0 aromatic carbocycles. The first-order chi connectivity index (χ1) is 10.1. The Morgan fingerprint density at radius 2 is 1.57 bits per heavy atom. The van der Waals surface area contributed by atoms with Crippen molar-refractivity contribution in [3.8, 4) is 0 Å². The predicted octanol–water partition coefficient (Wildman–Crippen LogP) is 3.80. The molecular formula is C16H31NO4. The van der Waals surface area contributed by atoms with Crippen molar-refractivity contribution >= 4 is 12.1 Å². The molecule has 0 saturated carbocycles. The quantitative estimate of drug-likeness (QED) is 0.440. The number of carbonyl (C=O) groups is 2. The summed E-state index contributed by atoms with van der Waals surface area (Å²) < 4.78 is 10.0. The van der Waals surface area contributed by atoms with Crippen LogP contribution in [0.3, 0.4) is 0 Å². The lowest BCUT2D eigenvalue weighted by Gasteiger charge is -2.13. The van der Waals surface area contributed by atoms with Gasteiger partial charge in [-0.15, -0.1) is 0 Å². The molecule has 21 heavy (non-hydrogen) atoms. The Morgan fingerprint density at radius 1 is 0.905 bits per heavy atom. The molecule has 0 aromatic heterocycles. The van der Waals surface area contributed by atoms with Crippen LogP contribution < -0.4 is 5.32 Å². The van der Waals surface area contributed by atoms with E-state index in [4.69, 9.17) is 9.47 Å². The van der Waals surface area contributed by atoms with E-state index in [2.05, 4.69) is 12.2 Å². The number of amides is 1. The van der Waals surface area contributed by atoms with Gasteiger partial charge < -0.3 is 14.8 Å². The second kappa shape index (κ2) is 13.7. The van der Waals surface area contributed by atoms with E-state index in [9.17, 15) is 9.59 Å². The molecule has 5 nitrogen and oxygen atoms in total. The highest BCUT2D eigenvalue weighted by molar-refractivity contribution is 5.72. The number of ether oxygens (including phenoxy) is 2. The van der Waals surface area contributed by atoms with Crippen LogP contribution in [-0.2, 0) is 14.3 Å². The third-order valence-corrected chi connectivity index (χ3v) is 3.04. The summed E-state index contributed by atoms with van der Waals surface area (Å²) in [6.07, 6.45) is 7.46. The molecule has 0 aliphatic rings. The third-order valence-electron chi connectivity index (χ3n) is 3.04. The van der Waals surface area contributed by atoms with Gasteiger partial charge in [0.2, 0.25) is 0 Å². The molecule has 0 spiro atoms. The Kier molecular flexibility index (Phi) is 12.9. The minimum absolute atomic E-state index is 0.178. The summed E-state index contributed by atoms with van der Waals surface area (Å²) in [5, 5.41) is 2.61. The molecule has 124 valence electrons. The second-order valence-corrected chi connectivity index (χ2v) is 5.37. The van der Waals surface area contributed by atoms with Crippen LogP contribution in [-0.4, -0.2) is 31.3 Å². The summed E-state index contributed by atoms with van der Waals surface area (Å²) in [5.41, 5.74) is 0. The average Bonchev–Trinajstić information content (AvgIpc) is 2.43. The average molecular weight is 301 g/mol. The molecule has 0 radical (unpaired) electrons. The molecule has 1 N–H and O–H groups in total. The molecule has 0 bridgehead atoms. The SMILES string of the molecule is CCCCCCCCOC(=O)CC(C)NC(=O)OCCC. The molecule has 1 atom stereocenters. The fraction of sp³-hybridized carbons (Fsp3) is 0.875. The normalized spacial score (nSPS) is 11.8. The maximum Gasteiger partial charge on any atom is 0.407 e. The highest BCUT2D eigenvalue weighted by Crippen LogP contribution is 2.05. The van der Waals surface area contributed by atoms with Gasteiger partial charge in [0, 0.05) is 6.04 Å². The summed E-state index contributed by atoms with van der Waals surface area (Å²) in [6, 6.07) is -0.272. The van der Waals surface area contributed by atoms with Gasteiger partial charge >= 0.3 is 12.1 Å². The van der Waals surface area contributed by atoms with Crippen LogP contribution >= 0.6 is 0 Å². The van der Waals surface area contributed by atoms with Crippen LogP contribution in [0.1, 0.15) is 72.1 Å². The number of nitrogens with one attached hydrogen (secondary N) is 1. The first-order valence-electron chi connectivity index (χ1n) is 8.19. The van der Waals surface area contributed by atoms with Crippen molar-refractivity contribution < 1.29 is 19.1 Å². The van der Waals surface area contributed by atoms with Crippen molar-refractivity contribution in [2.45, 2.75) is 78.2 Å². The van der Waals surface area contributed by atoms with Gasteiger partial charge in [0.1, 0.15) is 0 Å². The van der Waals surface area contributed by atoms with Crippen molar-refractivity contribution in [1.29, 1.82) is 0 Å². The van der Waals surface area contributed by atoms with Gasteiger partial charge in [-0.3, -0.25) is 4.79 Å². The van der Waals surface area contributed by atoms with E-state index in [0.29, 0.717) is 13.2 Å². The number of alkyl carbamates (subject to hydrolysis) is 1. The second-order valence-electron chi connectivity index (χ2n) is 5.37. The zero-order chi connectivity index (χ0) is 15.9. The number of unbranched alkanes of at least 4 members (excludes halogenated alkanes) is 5. The van der Waals surface area contributed by atoms with Crippen molar-refractivity contribution in [2.75, 3.05) is 13.2 Å². The van der Waals surface area contributed by atoms with Crippen LogP contribution in [0.5, 0.6) is 0 Å². The summed E-state index contributed by atoms with van der Waals surface area (Å²) in [5.74, 6) is -0.271. The van der Waals surface area contributed by atoms with Gasteiger partial charge in [0.05, 0.1) is 19.6 Å². The number of hydrogen-bond acceptors (Lipinski definition) is 4. The number of hydrogen-bond donors (Lipinski definition) is 1. The molecule has 0 aromatic rings. The minimum Gasteiger partial charge on any atom is -0.466 e. The molecular weight excluding hydrogens is 270 g/mol. The fourth-order valence-electron chi connectivity index (χ4n) is 1.87. The predicted molar refractivity (Wildman–Crippen MR) is 83.2 cm³/mol. The van der Waals surface area contributed by atoms with Gasteiger partial charge in [0.25, 0.3) is 0 Å². The topological polar surface area (TPSA) is 64.6 Å². The van der Waals surface area contributed by atoms with E-state index in [1.165, 1.54) is 25.7 Å². The highest BCUT2D eigenvalue weighted by atomic mass is 16.5. The van der Waals surface area contributed by atoms with E-state index in [0.717, 1.165) is 19.3 Å². The van der Waals surface area contributed by atoms with Crippen LogP contribution in [0.15, 0.2) is 0 Å². The monoisotopic (exact) mass is 301 g/mol. The van der Waals surface area contributed by atoms with E-state index in [1.54, 1.807) is 6.92 Å². The Balaban J connectivity index is 3.53. The number of rotatable bonds is 12. The van der Waals surface area contributed by atoms with Crippen molar-refractivity contribution in [3.63, 3.8) is 0 Å². The standard InChI is InChI=1S/C16H31NO4/c1-4-6-7-8-9-10-12-20-15(18)13-14(3)17-16(19)21-11-5-2/h14H,4-13H2,1-3H3,(H,17,19). The minimum atomic E-state index is -0.479. The fourth-order valence-corrected chi connectivity index (χ4v) is 1.87. The van der Waals surface area contributed by atoms with E-state index in [1.807, 2.05) is 6.92 Å². The first-order valence-corrected chi connectivity index (χ1v) is 8.19. The number of esters is 1. The summed E-state index contributed by atoms with van der Waals surface area (Å²) >= 11 is 0. The van der Waals surface area contributed by atoms with Gasteiger partial charge in [0.15, 0.2) is 0 Å². The third kappa shape index (κ3) is 13.5. The largest absolute Gasteiger partial charge is 0.466 e. The molecule has 0 saturated heterocycles. The van der Waals surface area contributed by atoms with Gasteiger partial charge in [-0.05, 0) is 19.8 Å². The molecule has 1 amide bonds. The molecule has 0 fully saturated rings. The Morgan fingerprint density at radius 3 is 2.24 bits per heavy atom. The smallest absolute Gasteiger partial charge is 0.407 e. The maximum atomic E-state index is 11.6. The molecule has 0 aliphatic carbocycles. The van der Waals surface area contributed by atoms with E-state index >= 15 is 0 Å². The Bertz CT molecular complexity index is 281. The van der Waals surface area contributed by atoms with E-state index in [-0.39, 0.29) is 18.4 Å². The molecule has 0 heterocycles. The number of carbonyl (C=O) groups excluding carboxylic acids is 2. The van der Waals surface area contributed by atoms with Crippen LogP contribution in [0, 0.1) is 0 Å². The van der Waals surface area contributed by atoms with Gasteiger partial charge in [-0.2, -0.15) is 0 Å². The summed E-state index contributed by atoms with van der Waals surface area (Å²) in [4.78, 5) is 22.9. The Labute approximate surface area is 128 Å². The zero-order valence-electron chi connectivity index (χ0n) is 13.8. The van der Waals surface area contributed by atoms with Gasteiger partial charge in [-0.1, -0.05) is 46.0 Å². The van der Waals surface area contributed by atoms with Crippen LogP contribution in [0.2, 0.25) is 0 Å². The lowest BCUT2D eigenvalue weighted by Crippen LogP contribution is -2.35. The lowest BCUT2D eigenvalue weighted by molar-refractivity contribution is -0.144.